The fourth-order valence-electron chi connectivity index (χ4n) is 4.46. The number of esters is 1. The van der Waals surface area contributed by atoms with Crippen LogP contribution in [0.5, 0.6) is 0 Å². The first-order chi connectivity index (χ1) is 18.5. The van der Waals surface area contributed by atoms with E-state index in [1.807, 2.05) is 20.8 Å². The minimum atomic E-state index is -1.48. The monoisotopic (exact) mass is 607 g/mol. The third kappa shape index (κ3) is 8.47. The number of aromatic nitrogens is 1. The topological polar surface area (TPSA) is 122 Å². The summed E-state index contributed by atoms with van der Waals surface area (Å²) in [5.41, 5.74) is 0.713. The van der Waals surface area contributed by atoms with Crippen LogP contribution in [0.4, 0.5) is 4.39 Å². The molecule has 39 heavy (non-hydrogen) atoms. The molecule has 4 atom stereocenters. The van der Waals surface area contributed by atoms with Gasteiger partial charge in [0, 0.05) is 25.4 Å². The Morgan fingerprint density at radius 1 is 1.26 bits per heavy atom. The summed E-state index contributed by atoms with van der Waals surface area (Å²) in [6, 6.07) is 0. The van der Waals surface area contributed by atoms with Crippen molar-refractivity contribution in [3.63, 3.8) is 0 Å². The maximum Gasteiger partial charge on any atom is 0.355 e. The molecule has 1 unspecified atom stereocenters. The lowest BCUT2D eigenvalue weighted by atomic mass is 9.94. The number of amides is 2. The second-order valence-electron chi connectivity index (χ2n) is 10.1. The van der Waals surface area contributed by atoms with E-state index in [0.29, 0.717) is 12.0 Å². The van der Waals surface area contributed by atoms with E-state index in [-0.39, 0.29) is 65.6 Å². The average Bonchev–Trinajstić information content (AvgIpc) is 3.49. The molecule has 1 aromatic heterocycles. The quantitative estimate of drug-likeness (QED) is 0.459. The van der Waals surface area contributed by atoms with Crippen LogP contribution >= 0.6 is 15.9 Å². The van der Waals surface area contributed by atoms with E-state index in [9.17, 15) is 23.9 Å². The van der Waals surface area contributed by atoms with Gasteiger partial charge in [0.1, 0.15) is 18.0 Å². The smallest absolute Gasteiger partial charge is 0.355 e. The molecule has 2 bridgehead atoms. The van der Waals surface area contributed by atoms with E-state index < -0.39 is 30.3 Å². The summed E-state index contributed by atoms with van der Waals surface area (Å²) in [5.74, 6) is -1.90. The van der Waals surface area contributed by atoms with Crippen LogP contribution in [0.15, 0.2) is 56.8 Å². The van der Waals surface area contributed by atoms with Gasteiger partial charge < -0.3 is 24.5 Å². The van der Waals surface area contributed by atoms with Crippen molar-refractivity contribution >= 4 is 33.7 Å². The second-order valence-corrected chi connectivity index (χ2v) is 10.8. The van der Waals surface area contributed by atoms with Gasteiger partial charge in [-0.25, -0.2) is 14.2 Å². The lowest BCUT2D eigenvalue weighted by Gasteiger charge is -2.27. The van der Waals surface area contributed by atoms with Gasteiger partial charge in [0.2, 0.25) is 10.6 Å². The number of rotatable bonds is 1. The van der Waals surface area contributed by atoms with Crippen molar-refractivity contribution in [1.82, 2.24) is 15.2 Å². The van der Waals surface area contributed by atoms with Crippen molar-refractivity contribution in [3.8, 4) is 0 Å². The molecule has 0 spiro atoms. The molecule has 2 amide bonds. The van der Waals surface area contributed by atoms with Crippen molar-refractivity contribution in [1.29, 1.82) is 0 Å². The van der Waals surface area contributed by atoms with Crippen LogP contribution in [0, 0.1) is 11.8 Å². The molecule has 9 nitrogen and oxygen atoms in total. The lowest BCUT2D eigenvalue weighted by molar-refractivity contribution is -0.149. The number of carbonyl (C=O) groups is 3. The Kier molecular flexibility index (Phi) is 10.8. The summed E-state index contributed by atoms with van der Waals surface area (Å²) >= 11 is 3.18. The number of halogens is 2. The first-order valence-electron chi connectivity index (χ1n) is 13.0. The first kappa shape index (κ1) is 30.5. The maximum absolute atomic E-state index is 14.7. The highest BCUT2D eigenvalue weighted by atomic mass is 79.9. The number of fused-ring (bicyclic) bond motifs is 3. The summed E-state index contributed by atoms with van der Waals surface area (Å²) < 4.78 is 26.0. The Hall–Kier alpha value is -3.05. The average molecular weight is 609 g/mol. The fraction of sp³-hybridized carbons (Fsp3) is 0.500. The van der Waals surface area contributed by atoms with Crippen LogP contribution < -0.4 is 5.32 Å². The van der Waals surface area contributed by atoms with Crippen molar-refractivity contribution in [2.75, 3.05) is 13.1 Å². The number of hydrogen-bond donors (Lipinski definition) is 2. The van der Waals surface area contributed by atoms with Crippen molar-refractivity contribution in [3.05, 3.63) is 64.0 Å². The van der Waals surface area contributed by atoms with Crippen molar-refractivity contribution < 1.29 is 33.0 Å². The zero-order valence-corrected chi connectivity index (χ0v) is 24.1. The molecule has 0 aliphatic carbocycles. The summed E-state index contributed by atoms with van der Waals surface area (Å²) in [4.78, 5) is 44.2. The molecular formula is C28H35BrFN3O6. The molecule has 0 saturated carbocycles. The third-order valence-corrected chi connectivity index (χ3v) is 6.90. The maximum atomic E-state index is 14.7. The molecule has 2 aliphatic rings. The number of nitrogens with zero attached hydrogens (tertiary/aromatic N) is 2. The van der Waals surface area contributed by atoms with Gasteiger partial charge in [0.05, 0.1) is 12.5 Å². The SMILES string of the molecule is CC1=C/[C@@H](O)CC(F)Cc2nc(c(Br)o2)C(=O)N2CCC=C2C(=O)O[C@H](C(C)C)[C@H](C)/C=C\C(=O)NC/C=C\1. The van der Waals surface area contributed by atoms with E-state index in [1.165, 1.54) is 17.1 Å². The zero-order valence-electron chi connectivity index (χ0n) is 22.5. The number of nitrogens with one attached hydrogen (secondary N) is 1. The highest BCUT2D eigenvalue weighted by molar-refractivity contribution is 9.10. The van der Waals surface area contributed by atoms with Gasteiger partial charge in [0.15, 0.2) is 11.6 Å². The first-order valence-corrected chi connectivity index (χ1v) is 13.8. The third-order valence-electron chi connectivity index (χ3n) is 6.36. The van der Waals surface area contributed by atoms with Crippen molar-refractivity contribution in [2.24, 2.45) is 11.8 Å². The number of oxazole rings is 1. The summed E-state index contributed by atoms with van der Waals surface area (Å²) in [6.45, 7) is 7.93. The van der Waals surface area contributed by atoms with Crippen LogP contribution in [0.1, 0.15) is 56.9 Å². The van der Waals surface area contributed by atoms with Gasteiger partial charge in [-0.1, -0.05) is 56.7 Å². The number of aliphatic hydroxyl groups is 1. The van der Waals surface area contributed by atoms with Crippen LogP contribution in [0.2, 0.25) is 0 Å². The van der Waals surface area contributed by atoms with Crippen LogP contribution in [0.3, 0.4) is 0 Å². The molecule has 0 aromatic carbocycles. The fourth-order valence-corrected chi connectivity index (χ4v) is 4.91. The van der Waals surface area contributed by atoms with Crippen molar-refractivity contribution in [2.45, 2.75) is 65.3 Å². The number of carbonyl (C=O) groups excluding carboxylic acids is 3. The highest BCUT2D eigenvalue weighted by Gasteiger charge is 2.35. The molecule has 11 heteroatoms. The minimum absolute atomic E-state index is 0.00700. The second kappa shape index (κ2) is 13.8. The van der Waals surface area contributed by atoms with Crippen LogP contribution in [-0.2, 0) is 20.7 Å². The molecule has 212 valence electrons. The molecule has 3 heterocycles. The summed E-state index contributed by atoms with van der Waals surface area (Å²) in [6.07, 6.45) is 6.59. The lowest BCUT2D eigenvalue weighted by Crippen LogP contribution is -2.36. The number of allylic oxidation sites excluding steroid dienone is 2. The molecule has 1 aromatic rings. The summed E-state index contributed by atoms with van der Waals surface area (Å²) in [5, 5.41) is 13.0. The van der Waals surface area contributed by atoms with Gasteiger partial charge >= 0.3 is 5.97 Å². The molecule has 0 fully saturated rings. The minimum Gasteiger partial charge on any atom is -0.457 e. The van der Waals surface area contributed by atoms with Gasteiger partial charge in [-0.05, 0) is 41.3 Å². The Labute approximate surface area is 236 Å². The predicted molar refractivity (Wildman–Crippen MR) is 146 cm³/mol. The number of hydrogen-bond acceptors (Lipinski definition) is 7. The summed E-state index contributed by atoms with van der Waals surface area (Å²) in [7, 11) is 0. The molecule has 3 rings (SSSR count). The Morgan fingerprint density at radius 2 is 2.00 bits per heavy atom. The van der Waals surface area contributed by atoms with E-state index in [2.05, 4.69) is 26.2 Å². The predicted octanol–water partition coefficient (Wildman–Crippen LogP) is 4.19. The highest BCUT2D eigenvalue weighted by Crippen LogP contribution is 2.27. The van der Waals surface area contributed by atoms with Gasteiger partial charge in [-0.3, -0.25) is 9.59 Å². The Bertz CT molecular complexity index is 1190. The van der Waals surface area contributed by atoms with E-state index in [4.69, 9.17) is 9.15 Å². The van der Waals surface area contributed by atoms with Gasteiger partial charge in [-0.15, -0.1) is 0 Å². The van der Waals surface area contributed by atoms with Gasteiger partial charge in [0.25, 0.3) is 5.91 Å². The molecule has 0 saturated heterocycles. The molecular weight excluding hydrogens is 573 g/mol. The van der Waals surface area contributed by atoms with E-state index >= 15 is 0 Å². The van der Waals surface area contributed by atoms with Gasteiger partial charge in [-0.2, -0.15) is 0 Å². The molecule has 0 radical (unpaired) electrons. The number of alkyl halides is 1. The standard InChI is InChI=1S/C28H35BrFN3O6/c1-16(2)25-18(4)9-10-22(35)31-11-5-7-17(3)13-20(34)14-19(30)15-23-32-24(26(29)38-23)27(36)33-12-6-8-21(33)28(37)39-25/h5,7-10,13,16,18-20,25,34H,6,11-12,14-15H2,1-4H3,(H,31,35)/b7-5-,10-9-,17-13-/t18-,19?,20-,25-/m1/s1. The number of aliphatic hydroxyl groups excluding tert-OH is 1. The number of cyclic esters (lactones) is 1. The van der Waals surface area contributed by atoms with E-state index in [1.54, 1.807) is 31.2 Å². The zero-order chi connectivity index (χ0) is 28.7. The van der Waals surface area contributed by atoms with Crippen LogP contribution in [-0.4, -0.2) is 64.2 Å². The molecule has 2 aliphatic heterocycles. The molecule has 2 N–H and O–H groups in total. The van der Waals surface area contributed by atoms with Crippen LogP contribution in [0.25, 0.3) is 0 Å². The Morgan fingerprint density at radius 3 is 2.72 bits per heavy atom. The normalized spacial score (nSPS) is 29.1. The largest absolute Gasteiger partial charge is 0.457 e. The van der Waals surface area contributed by atoms with E-state index in [0.717, 1.165) is 0 Å². The Balaban J connectivity index is 1.90. The number of ether oxygens (including phenoxy) is 1.